The minimum Gasteiger partial charge on any atom is -0.489 e. The van der Waals surface area contributed by atoms with Gasteiger partial charge in [0.1, 0.15) is 18.2 Å². The van der Waals surface area contributed by atoms with Crippen LogP contribution in [0.15, 0.2) is 48.5 Å². The summed E-state index contributed by atoms with van der Waals surface area (Å²) in [4.78, 5) is 23.0. The second-order valence-corrected chi connectivity index (χ2v) is 6.06. The van der Waals surface area contributed by atoms with Crippen LogP contribution in [0.5, 0.6) is 5.75 Å². The van der Waals surface area contributed by atoms with Crippen LogP contribution in [0.4, 0.5) is 10.1 Å². The van der Waals surface area contributed by atoms with Crippen LogP contribution in [0.25, 0.3) is 0 Å². The standard InChI is InChI=1S/C19H20ClFN2O3/c1-13(24)22-17(11-20)10-19(25)23-16-5-7-18(8-6-16)26-12-14-3-2-4-15(21)9-14/h2-9,17H,10-12H2,1H3,(H,22,24)(H,23,25). The number of halogens is 2. The van der Waals surface area contributed by atoms with Gasteiger partial charge in [-0.2, -0.15) is 0 Å². The molecule has 0 aliphatic carbocycles. The van der Waals surface area contributed by atoms with Crippen LogP contribution in [-0.4, -0.2) is 23.7 Å². The van der Waals surface area contributed by atoms with Crippen LogP contribution >= 0.6 is 11.6 Å². The molecule has 7 heteroatoms. The van der Waals surface area contributed by atoms with Crippen molar-refractivity contribution in [3.05, 3.63) is 59.9 Å². The predicted octanol–water partition coefficient (Wildman–Crippen LogP) is 3.48. The zero-order chi connectivity index (χ0) is 18.9. The van der Waals surface area contributed by atoms with Crippen LogP contribution < -0.4 is 15.4 Å². The molecule has 1 unspecified atom stereocenters. The molecular weight excluding hydrogens is 359 g/mol. The Balaban J connectivity index is 1.84. The van der Waals surface area contributed by atoms with Crippen molar-refractivity contribution < 1.29 is 18.7 Å². The Hall–Kier alpha value is -2.60. The van der Waals surface area contributed by atoms with E-state index in [4.69, 9.17) is 16.3 Å². The molecule has 0 bridgehead atoms. The smallest absolute Gasteiger partial charge is 0.226 e. The number of hydrogen-bond donors (Lipinski definition) is 2. The topological polar surface area (TPSA) is 67.4 Å². The lowest BCUT2D eigenvalue weighted by molar-refractivity contribution is -0.120. The quantitative estimate of drug-likeness (QED) is 0.691. The van der Waals surface area contributed by atoms with E-state index >= 15 is 0 Å². The maximum absolute atomic E-state index is 13.1. The lowest BCUT2D eigenvalue weighted by Crippen LogP contribution is -2.37. The largest absolute Gasteiger partial charge is 0.489 e. The van der Waals surface area contributed by atoms with E-state index in [2.05, 4.69) is 10.6 Å². The molecule has 2 amide bonds. The van der Waals surface area contributed by atoms with Gasteiger partial charge in [-0.1, -0.05) is 12.1 Å². The van der Waals surface area contributed by atoms with Gasteiger partial charge >= 0.3 is 0 Å². The molecule has 0 aliphatic rings. The molecule has 0 fully saturated rings. The van der Waals surface area contributed by atoms with Crippen LogP contribution in [0.2, 0.25) is 0 Å². The van der Waals surface area contributed by atoms with E-state index in [-0.39, 0.29) is 36.5 Å². The van der Waals surface area contributed by atoms with Crippen molar-refractivity contribution in [2.75, 3.05) is 11.2 Å². The van der Waals surface area contributed by atoms with Crippen molar-refractivity contribution in [2.24, 2.45) is 0 Å². The Kier molecular flexibility index (Phi) is 7.41. The summed E-state index contributed by atoms with van der Waals surface area (Å²) in [5, 5.41) is 5.35. The van der Waals surface area contributed by atoms with Gasteiger partial charge in [-0.05, 0) is 42.0 Å². The number of nitrogens with one attached hydrogen (secondary N) is 2. The predicted molar refractivity (Wildman–Crippen MR) is 98.7 cm³/mol. The minimum atomic E-state index is -0.414. The number of amides is 2. The van der Waals surface area contributed by atoms with Gasteiger partial charge in [-0.25, -0.2) is 4.39 Å². The van der Waals surface area contributed by atoms with Gasteiger partial charge in [0, 0.05) is 24.9 Å². The van der Waals surface area contributed by atoms with Crippen molar-refractivity contribution in [2.45, 2.75) is 26.0 Å². The molecule has 2 aromatic rings. The highest BCUT2D eigenvalue weighted by atomic mass is 35.5. The Morgan fingerprint density at radius 2 is 1.92 bits per heavy atom. The van der Waals surface area contributed by atoms with Gasteiger partial charge < -0.3 is 15.4 Å². The molecule has 0 aliphatic heterocycles. The summed E-state index contributed by atoms with van der Waals surface area (Å²) in [6.07, 6.45) is 0.0842. The summed E-state index contributed by atoms with van der Waals surface area (Å²) >= 11 is 5.74. The average Bonchev–Trinajstić information content (AvgIpc) is 2.60. The first-order valence-corrected chi connectivity index (χ1v) is 8.60. The average molecular weight is 379 g/mol. The van der Waals surface area contributed by atoms with Crippen molar-refractivity contribution in [3.63, 3.8) is 0 Å². The number of hydrogen-bond acceptors (Lipinski definition) is 3. The summed E-state index contributed by atoms with van der Waals surface area (Å²) < 4.78 is 18.7. The van der Waals surface area contributed by atoms with Gasteiger partial charge in [0.05, 0.1) is 6.04 Å². The van der Waals surface area contributed by atoms with Gasteiger partial charge in [0.25, 0.3) is 0 Å². The van der Waals surface area contributed by atoms with Crippen LogP contribution in [0, 0.1) is 5.82 Å². The molecule has 26 heavy (non-hydrogen) atoms. The van der Waals surface area contributed by atoms with Gasteiger partial charge in [0.15, 0.2) is 0 Å². The van der Waals surface area contributed by atoms with E-state index in [1.807, 2.05) is 0 Å². The SMILES string of the molecule is CC(=O)NC(CCl)CC(=O)Nc1ccc(OCc2cccc(F)c2)cc1. The number of rotatable bonds is 8. The van der Waals surface area contributed by atoms with Gasteiger partial charge in [0.2, 0.25) is 11.8 Å². The molecule has 0 radical (unpaired) electrons. The highest BCUT2D eigenvalue weighted by Gasteiger charge is 2.14. The molecule has 2 N–H and O–H groups in total. The van der Waals surface area contributed by atoms with Crippen molar-refractivity contribution in [3.8, 4) is 5.75 Å². The summed E-state index contributed by atoms with van der Waals surface area (Å²) in [6.45, 7) is 1.62. The molecule has 0 saturated heterocycles. The molecule has 0 saturated carbocycles. The fourth-order valence-electron chi connectivity index (χ4n) is 2.30. The van der Waals surface area contributed by atoms with Gasteiger partial charge in [-0.15, -0.1) is 11.6 Å². The third-order valence-electron chi connectivity index (χ3n) is 3.46. The highest BCUT2D eigenvalue weighted by molar-refractivity contribution is 6.18. The molecular formula is C19H20ClFN2O3. The summed E-state index contributed by atoms with van der Waals surface area (Å²) in [5.74, 6) is -0.0382. The lowest BCUT2D eigenvalue weighted by Gasteiger charge is -2.14. The van der Waals surface area contributed by atoms with E-state index in [0.717, 1.165) is 5.56 Å². The Morgan fingerprint density at radius 1 is 1.19 bits per heavy atom. The molecule has 0 heterocycles. The monoisotopic (exact) mass is 378 g/mol. The summed E-state index contributed by atoms with van der Waals surface area (Å²) in [5.41, 5.74) is 1.33. The first kappa shape index (κ1) is 19.7. The third kappa shape index (κ3) is 6.72. The second-order valence-electron chi connectivity index (χ2n) is 5.75. The number of ether oxygens (including phenoxy) is 1. The third-order valence-corrected chi connectivity index (χ3v) is 3.83. The minimum absolute atomic E-state index is 0.0842. The zero-order valence-corrected chi connectivity index (χ0v) is 15.1. The Labute approximate surface area is 156 Å². The fraction of sp³-hybridized carbons (Fsp3) is 0.263. The van der Waals surface area contributed by atoms with E-state index < -0.39 is 6.04 Å². The fourth-order valence-corrected chi connectivity index (χ4v) is 2.48. The number of carbonyl (C=O) groups is 2. The lowest BCUT2D eigenvalue weighted by atomic mass is 10.2. The molecule has 2 aromatic carbocycles. The maximum atomic E-state index is 13.1. The van der Waals surface area contributed by atoms with Crippen LogP contribution in [0.3, 0.4) is 0 Å². The first-order chi connectivity index (χ1) is 12.5. The molecule has 2 rings (SSSR count). The van der Waals surface area contributed by atoms with Gasteiger partial charge in [-0.3, -0.25) is 9.59 Å². The second kappa shape index (κ2) is 9.77. The summed E-state index contributed by atoms with van der Waals surface area (Å²) in [6, 6.07) is 12.6. The molecule has 5 nitrogen and oxygen atoms in total. The molecule has 138 valence electrons. The van der Waals surface area contributed by atoms with E-state index in [0.29, 0.717) is 11.4 Å². The summed E-state index contributed by atoms with van der Waals surface area (Å²) in [7, 11) is 0. The Bertz CT molecular complexity index is 753. The Morgan fingerprint density at radius 3 is 2.54 bits per heavy atom. The van der Waals surface area contributed by atoms with Crippen LogP contribution in [-0.2, 0) is 16.2 Å². The molecule has 0 spiro atoms. The maximum Gasteiger partial charge on any atom is 0.226 e. The van der Waals surface area contributed by atoms with Crippen molar-refractivity contribution in [1.29, 1.82) is 0 Å². The molecule has 0 aromatic heterocycles. The van der Waals surface area contributed by atoms with E-state index in [1.165, 1.54) is 19.1 Å². The molecule has 1 atom stereocenters. The highest BCUT2D eigenvalue weighted by Crippen LogP contribution is 2.17. The number of carbonyl (C=O) groups excluding carboxylic acids is 2. The van der Waals surface area contributed by atoms with E-state index in [1.54, 1.807) is 36.4 Å². The van der Waals surface area contributed by atoms with E-state index in [9.17, 15) is 14.0 Å². The number of alkyl halides is 1. The van der Waals surface area contributed by atoms with Crippen molar-refractivity contribution in [1.82, 2.24) is 5.32 Å². The zero-order valence-electron chi connectivity index (χ0n) is 14.3. The van der Waals surface area contributed by atoms with Crippen LogP contribution in [0.1, 0.15) is 18.9 Å². The normalized spacial score (nSPS) is 11.5. The number of anilines is 1. The number of benzene rings is 2. The van der Waals surface area contributed by atoms with Crippen molar-refractivity contribution >= 4 is 29.1 Å². The first-order valence-electron chi connectivity index (χ1n) is 8.06.